The summed E-state index contributed by atoms with van der Waals surface area (Å²) in [5.74, 6) is -6.96. The fourth-order valence-corrected chi connectivity index (χ4v) is 4.02. The Morgan fingerprint density at radius 2 is 1.42 bits per heavy atom. The van der Waals surface area contributed by atoms with Crippen molar-refractivity contribution in [3.63, 3.8) is 0 Å². The second-order valence-corrected chi connectivity index (χ2v) is 7.20. The Balaban J connectivity index is 2.10. The zero-order valence-corrected chi connectivity index (χ0v) is 17.1. The van der Waals surface area contributed by atoms with Crippen molar-refractivity contribution in [2.45, 2.75) is 18.1 Å². The highest BCUT2D eigenvalue weighted by molar-refractivity contribution is 6.07. The van der Waals surface area contributed by atoms with Gasteiger partial charge in [-0.3, -0.25) is 19.2 Å². The van der Waals surface area contributed by atoms with Gasteiger partial charge in [-0.15, -0.1) is 0 Å². The van der Waals surface area contributed by atoms with Crippen LogP contribution in [0.15, 0.2) is 60.7 Å². The van der Waals surface area contributed by atoms with Crippen LogP contribution in [0.5, 0.6) is 0 Å². The lowest BCUT2D eigenvalue weighted by Gasteiger charge is -2.42. The average molecular weight is 425 g/mol. The summed E-state index contributed by atoms with van der Waals surface area (Å²) < 4.78 is 9.56. The number of aliphatic hydroxyl groups excluding tert-OH is 1. The van der Waals surface area contributed by atoms with E-state index in [-0.39, 0.29) is 0 Å². The van der Waals surface area contributed by atoms with Crippen molar-refractivity contribution in [1.29, 1.82) is 0 Å². The smallest absolute Gasteiger partial charge is 0.318 e. The molecular formula is C23H23NO7. The number of hydrogen-bond acceptors (Lipinski definition) is 7. The number of benzene rings is 2. The van der Waals surface area contributed by atoms with Gasteiger partial charge in [0.15, 0.2) is 5.78 Å². The molecule has 0 aromatic heterocycles. The molecule has 1 fully saturated rings. The third-order valence-corrected chi connectivity index (χ3v) is 5.50. The highest BCUT2D eigenvalue weighted by atomic mass is 16.5. The Hall–Kier alpha value is -3.52. The molecule has 162 valence electrons. The van der Waals surface area contributed by atoms with Crippen LogP contribution in [-0.4, -0.2) is 55.1 Å². The summed E-state index contributed by atoms with van der Waals surface area (Å²) in [6.45, 7) is 0. The Morgan fingerprint density at radius 3 is 1.97 bits per heavy atom. The molecule has 0 heterocycles. The summed E-state index contributed by atoms with van der Waals surface area (Å²) >= 11 is 0. The van der Waals surface area contributed by atoms with E-state index in [9.17, 15) is 24.3 Å². The maximum Gasteiger partial charge on any atom is 0.318 e. The highest BCUT2D eigenvalue weighted by Crippen LogP contribution is 2.40. The lowest BCUT2D eigenvalue weighted by Crippen LogP contribution is -2.61. The summed E-state index contributed by atoms with van der Waals surface area (Å²) in [4.78, 5) is 51.2. The van der Waals surface area contributed by atoms with E-state index in [1.165, 1.54) is 0 Å². The van der Waals surface area contributed by atoms with Crippen molar-refractivity contribution in [2.24, 2.45) is 11.8 Å². The first kappa shape index (κ1) is 22.2. The molecule has 8 nitrogen and oxygen atoms in total. The van der Waals surface area contributed by atoms with Gasteiger partial charge in [-0.05, 0) is 17.7 Å². The number of ketones is 1. The summed E-state index contributed by atoms with van der Waals surface area (Å²) in [7, 11) is 2.23. The minimum absolute atomic E-state index is 0.303. The maximum atomic E-state index is 13.3. The molecule has 31 heavy (non-hydrogen) atoms. The second kappa shape index (κ2) is 9.53. The van der Waals surface area contributed by atoms with E-state index in [1.807, 2.05) is 0 Å². The summed E-state index contributed by atoms with van der Waals surface area (Å²) in [6.07, 6.45) is -1.68. The van der Waals surface area contributed by atoms with E-state index in [4.69, 9.17) is 4.74 Å². The van der Waals surface area contributed by atoms with Crippen LogP contribution in [-0.2, 0) is 23.9 Å². The van der Waals surface area contributed by atoms with Crippen molar-refractivity contribution in [3.8, 4) is 0 Å². The third-order valence-electron chi connectivity index (χ3n) is 5.50. The van der Waals surface area contributed by atoms with E-state index in [0.717, 1.165) is 14.2 Å². The molecular weight excluding hydrogens is 402 g/mol. The normalized spacial score (nSPS) is 25.4. The lowest BCUT2D eigenvalue weighted by atomic mass is 9.65. The quantitative estimate of drug-likeness (QED) is 0.544. The number of rotatable bonds is 5. The molecule has 1 aliphatic carbocycles. The predicted octanol–water partition coefficient (Wildman–Crippen LogP) is 1.09. The van der Waals surface area contributed by atoms with Crippen LogP contribution in [0.25, 0.3) is 0 Å². The molecule has 2 N–H and O–H groups in total. The van der Waals surface area contributed by atoms with Crippen LogP contribution in [0, 0.1) is 11.8 Å². The van der Waals surface area contributed by atoms with Gasteiger partial charge >= 0.3 is 11.9 Å². The SMILES string of the molecule is COC(=O)C1C(=O)[C@@H](NC(=O)c2ccccc2)[C@H](c2ccccc2)C(C(=O)OC)C1O. The van der Waals surface area contributed by atoms with Crippen LogP contribution in [0.1, 0.15) is 21.8 Å². The van der Waals surface area contributed by atoms with Crippen LogP contribution in [0.4, 0.5) is 0 Å². The van der Waals surface area contributed by atoms with Crippen molar-refractivity contribution in [3.05, 3.63) is 71.8 Å². The number of methoxy groups -OCH3 is 2. The zero-order chi connectivity index (χ0) is 22.5. The predicted molar refractivity (Wildman–Crippen MR) is 109 cm³/mol. The van der Waals surface area contributed by atoms with Gasteiger partial charge in [0.1, 0.15) is 5.92 Å². The Morgan fingerprint density at radius 1 is 0.871 bits per heavy atom. The van der Waals surface area contributed by atoms with E-state index in [1.54, 1.807) is 60.7 Å². The number of carbonyl (C=O) groups excluding carboxylic acids is 4. The third kappa shape index (κ3) is 4.34. The van der Waals surface area contributed by atoms with E-state index < -0.39 is 53.5 Å². The van der Waals surface area contributed by atoms with Crippen molar-refractivity contribution >= 4 is 23.6 Å². The molecule has 1 saturated carbocycles. The van der Waals surface area contributed by atoms with Crippen molar-refractivity contribution < 1.29 is 33.8 Å². The van der Waals surface area contributed by atoms with Crippen molar-refractivity contribution in [1.82, 2.24) is 5.32 Å². The number of nitrogens with one attached hydrogen (secondary N) is 1. The van der Waals surface area contributed by atoms with Crippen LogP contribution < -0.4 is 5.32 Å². The first-order chi connectivity index (χ1) is 14.9. The van der Waals surface area contributed by atoms with Gasteiger partial charge in [-0.25, -0.2) is 0 Å². The summed E-state index contributed by atoms with van der Waals surface area (Å²) in [5, 5.41) is 13.5. The molecule has 1 amide bonds. The number of esters is 2. The minimum Gasteiger partial charge on any atom is -0.469 e. The molecule has 0 aliphatic heterocycles. The molecule has 0 spiro atoms. The number of ether oxygens (including phenoxy) is 2. The maximum absolute atomic E-state index is 13.3. The lowest BCUT2D eigenvalue weighted by molar-refractivity contribution is -0.167. The van der Waals surface area contributed by atoms with Crippen LogP contribution in [0.2, 0.25) is 0 Å². The first-order valence-electron chi connectivity index (χ1n) is 9.69. The number of aliphatic hydroxyl groups is 1. The van der Waals surface area contributed by atoms with Crippen LogP contribution in [0.3, 0.4) is 0 Å². The summed E-state index contributed by atoms with van der Waals surface area (Å²) in [6, 6.07) is 15.5. The standard InChI is InChI=1S/C23H23NO7/c1-30-22(28)16-15(13-9-5-3-6-10-13)18(20(26)17(19(16)25)23(29)31-2)24-21(27)14-11-7-4-8-12-14/h3-12,15-19,25H,1-2H3,(H,24,27)/t15-,16?,17?,18+,19?/m1/s1. The van der Waals surface area contributed by atoms with E-state index in [2.05, 4.69) is 10.1 Å². The van der Waals surface area contributed by atoms with E-state index >= 15 is 0 Å². The number of Topliss-reactive ketones (excluding diaryl/α,β-unsaturated/α-hetero) is 1. The number of amides is 1. The van der Waals surface area contributed by atoms with Crippen molar-refractivity contribution in [2.75, 3.05) is 14.2 Å². The fraction of sp³-hybridized carbons (Fsp3) is 0.304. The van der Waals surface area contributed by atoms with E-state index in [0.29, 0.717) is 11.1 Å². The van der Waals surface area contributed by atoms with Gasteiger partial charge in [0.2, 0.25) is 0 Å². The highest BCUT2D eigenvalue weighted by Gasteiger charge is 2.56. The molecule has 5 atom stereocenters. The zero-order valence-electron chi connectivity index (χ0n) is 17.1. The second-order valence-electron chi connectivity index (χ2n) is 7.20. The fourth-order valence-electron chi connectivity index (χ4n) is 4.02. The molecule has 3 unspecified atom stereocenters. The van der Waals surface area contributed by atoms with Crippen LogP contribution >= 0.6 is 0 Å². The van der Waals surface area contributed by atoms with Gasteiger partial charge in [-0.1, -0.05) is 48.5 Å². The number of hydrogen-bond donors (Lipinski definition) is 2. The molecule has 2 aromatic carbocycles. The Kier molecular flexibility index (Phi) is 6.81. The van der Waals surface area contributed by atoms with Gasteiger partial charge in [0.05, 0.1) is 32.3 Å². The molecule has 3 rings (SSSR count). The molecule has 0 radical (unpaired) electrons. The van der Waals surface area contributed by atoms with Gasteiger partial charge in [0, 0.05) is 11.5 Å². The monoisotopic (exact) mass is 425 g/mol. The van der Waals surface area contributed by atoms with Gasteiger partial charge < -0.3 is 19.9 Å². The summed E-state index contributed by atoms with van der Waals surface area (Å²) in [5.41, 5.74) is 0.837. The average Bonchev–Trinajstić information content (AvgIpc) is 2.80. The molecule has 0 bridgehead atoms. The first-order valence-corrected chi connectivity index (χ1v) is 9.69. The number of carbonyl (C=O) groups is 4. The van der Waals surface area contributed by atoms with Gasteiger partial charge in [0.25, 0.3) is 5.91 Å². The largest absolute Gasteiger partial charge is 0.469 e. The molecule has 8 heteroatoms. The van der Waals surface area contributed by atoms with Gasteiger partial charge in [-0.2, -0.15) is 0 Å². The molecule has 1 aliphatic rings. The molecule has 0 saturated heterocycles. The minimum atomic E-state index is -1.68. The molecule has 2 aromatic rings. The Labute approximate surface area is 179 Å². The Bertz CT molecular complexity index is 960. The topological polar surface area (TPSA) is 119 Å².